The monoisotopic (exact) mass is 281 g/mol. The highest BCUT2D eigenvalue weighted by atomic mass is 16.5. The standard InChI is InChI=1S/C13H15NO6/c1-19-12(17)9-5-3-8(4-6-9)11(16)14-10(7-15)13(18)20-2/h3-6,10,15H,7H2,1-2H3,(H,14,16)/t10-/m1/s1. The Morgan fingerprint density at radius 3 is 2.10 bits per heavy atom. The number of nitrogens with one attached hydrogen (secondary N) is 1. The lowest BCUT2D eigenvalue weighted by molar-refractivity contribution is -0.143. The third-order valence-corrected chi connectivity index (χ3v) is 2.54. The van der Waals surface area contributed by atoms with Crippen molar-refractivity contribution in [2.45, 2.75) is 6.04 Å². The van der Waals surface area contributed by atoms with Gasteiger partial charge in [-0.2, -0.15) is 0 Å². The van der Waals surface area contributed by atoms with Crippen molar-refractivity contribution in [3.05, 3.63) is 35.4 Å². The van der Waals surface area contributed by atoms with Gasteiger partial charge in [-0.1, -0.05) is 0 Å². The molecular weight excluding hydrogens is 266 g/mol. The van der Waals surface area contributed by atoms with E-state index in [0.717, 1.165) is 7.11 Å². The molecular formula is C13H15NO6. The van der Waals surface area contributed by atoms with Gasteiger partial charge in [0.1, 0.15) is 0 Å². The zero-order chi connectivity index (χ0) is 15.1. The second kappa shape index (κ2) is 7.25. The van der Waals surface area contributed by atoms with Gasteiger partial charge in [0.25, 0.3) is 5.91 Å². The second-order valence-corrected chi connectivity index (χ2v) is 3.80. The molecule has 0 aromatic heterocycles. The third-order valence-electron chi connectivity index (χ3n) is 2.54. The van der Waals surface area contributed by atoms with E-state index in [4.69, 9.17) is 5.11 Å². The van der Waals surface area contributed by atoms with Crippen molar-refractivity contribution in [1.82, 2.24) is 5.32 Å². The van der Waals surface area contributed by atoms with E-state index >= 15 is 0 Å². The zero-order valence-corrected chi connectivity index (χ0v) is 11.1. The van der Waals surface area contributed by atoms with E-state index in [1.165, 1.54) is 31.4 Å². The predicted octanol–water partition coefficient (Wildman–Crippen LogP) is -0.263. The third kappa shape index (κ3) is 3.79. The lowest BCUT2D eigenvalue weighted by atomic mass is 10.1. The van der Waals surface area contributed by atoms with Crippen LogP contribution < -0.4 is 5.32 Å². The van der Waals surface area contributed by atoms with Gasteiger partial charge in [0, 0.05) is 5.56 Å². The first-order valence-electron chi connectivity index (χ1n) is 5.71. The van der Waals surface area contributed by atoms with Crippen LogP contribution in [-0.4, -0.2) is 49.8 Å². The number of esters is 2. The maximum Gasteiger partial charge on any atom is 0.337 e. The maximum atomic E-state index is 11.8. The fourth-order valence-electron chi connectivity index (χ4n) is 1.44. The zero-order valence-electron chi connectivity index (χ0n) is 11.1. The van der Waals surface area contributed by atoms with Gasteiger partial charge in [0.2, 0.25) is 0 Å². The number of amides is 1. The molecule has 0 saturated heterocycles. The molecule has 7 heteroatoms. The number of hydrogen-bond donors (Lipinski definition) is 2. The maximum absolute atomic E-state index is 11.8. The summed E-state index contributed by atoms with van der Waals surface area (Å²) in [6.45, 7) is -0.571. The summed E-state index contributed by atoms with van der Waals surface area (Å²) in [7, 11) is 2.41. The summed E-state index contributed by atoms with van der Waals surface area (Å²) in [4.78, 5) is 34.3. The quantitative estimate of drug-likeness (QED) is 0.721. The van der Waals surface area contributed by atoms with Gasteiger partial charge < -0.3 is 19.9 Å². The number of hydrogen-bond acceptors (Lipinski definition) is 6. The highest BCUT2D eigenvalue weighted by molar-refractivity contribution is 5.98. The number of ether oxygens (including phenoxy) is 2. The van der Waals surface area contributed by atoms with Crippen LogP contribution >= 0.6 is 0 Å². The molecule has 0 unspecified atom stereocenters. The molecule has 1 atom stereocenters. The molecule has 0 spiro atoms. The number of benzene rings is 1. The Hall–Kier alpha value is -2.41. The van der Waals surface area contributed by atoms with E-state index in [2.05, 4.69) is 14.8 Å². The SMILES string of the molecule is COC(=O)c1ccc(C(=O)N[C@H](CO)C(=O)OC)cc1. The Morgan fingerprint density at radius 2 is 1.65 bits per heavy atom. The lowest BCUT2D eigenvalue weighted by Gasteiger charge is -2.13. The van der Waals surface area contributed by atoms with Gasteiger partial charge >= 0.3 is 11.9 Å². The van der Waals surface area contributed by atoms with Gasteiger partial charge in [-0.25, -0.2) is 9.59 Å². The molecule has 1 rings (SSSR count). The second-order valence-electron chi connectivity index (χ2n) is 3.80. The van der Waals surface area contributed by atoms with Crippen LogP contribution in [0.15, 0.2) is 24.3 Å². The van der Waals surface area contributed by atoms with Crippen LogP contribution in [0.3, 0.4) is 0 Å². The molecule has 0 aliphatic carbocycles. The Balaban J connectivity index is 2.77. The molecule has 0 bridgehead atoms. The number of carbonyl (C=O) groups excluding carboxylic acids is 3. The van der Waals surface area contributed by atoms with Crippen molar-refractivity contribution in [1.29, 1.82) is 0 Å². The molecule has 2 N–H and O–H groups in total. The van der Waals surface area contributed by atoms with Crippen molar-refractivity contribution in [2.24, 2.45) is 0 Å². The average molecular weight is 281 g/mol. The van der Waals surface area contributed by atoms with E-state index in [-0.39, 0.29) is 5.56 Å². The van der Waals surface area contributed by atoms with Gasteiger partial charge in [-0.05, 0) is 24.3 Å². The Bertz CT molecular complexity index is 496. The summed E-state index contributed by atoms with van der Waals surface area (Å²) in [6.07, 6.45) is 0. The van der Waals surface area contributed by atoms with Crippen molar-refractivity contribution in [3.8, 4) is 0 Å². The van der Waals surface area contributed by atoms with Crippen LogP contribution in [0.1, 0.15) is 20.7 Å². The Morgan fingerprint density at radius 1 is 1.10 bits per heavy atom. The van der Waals surface area contributed by atoms with Crippen LogP contribution in [0.2, 0.25) is 0 Å². The molecule has 1 aromatic carbocycles. The van der Waals surface area contributed by atoms with Gasteiger partial charge in [-0.15, -0.1) is 0 Å². The first-order valence-corrected chi connectivity index (χ1v) is 5.71. The van der Waals surface area contributed by atoms with E-state index in [1.54, 1.807) is 0 Å². The largest absolute Gasteiger partial charge is 0.467 e. The Labute approximate surface area is 115 Å². The molecule has 0 aliphatic rings. The topological polar surface area (TPSA) is 102 Å². The van der Waals surface area contributed by atoms with Gasteiger partial charge in [0.15, 0.2) is 6.04 Å². The first kappa shape index (κ1) is 15.6. The van der Waals surface area contributed by atoms with Crippen molar-refractivity contribution < 1.29 is 29.0 Å². The fourth-order valence-corrected chi connectivity index (χ4v) is 1.44. The normalized spacial score (nSPS) is 11.3. The average Bonchev–Trinajstić information content (AvgIpc) is 2.50. The summed E-state index contributed by atoms with van der Waals surface area (Å²) < 4.78 is 8.96. The number of aliphatic hydroxyl groups excluding tert-OH is 1. The molecule has 1 aromatic rings. The molecule has 108 valence electrons. The van der Waals surface area contributed by atoms with Crippen molar-refractivity contribution >= 4 is 17.8 Å². The number of methoxy groups -OCH3 is 2. The number of rotatable bonds is 5. The minimum atomic E-state index is -1.13. The smallest absolute Gasteiger partial charge is 0.337 e. The van der Waals surface area contributed by atoms with Crippen LogP contribution in [0.5, 0.6) is 0 Å². The van der Waals surface area contributed by atoms with E-state index in [1.807, 2.05) is 0 Å². The van der Waals surface area contributed by atoms with E-state index in [0.29, 0.717) is 5.56 Å². The molecule has 0 heterocycles. The van der Waals surface area contributed by atoms with Crippen molar-refractivity contribution in [3.63, 3.8) is 0 Å². The van der Waals surface area contributed by atoms with E-state index in [9.17, 15) is 14.4 Å². The number of carbonyl (C=O) groups is 3. The number of aliphatic hydroxyl groups is 1. The molecule has 0 saturated carbocycles. The van der Waals surface area contributed by atoms with Crippen LogP contribution in [-0.2, 0) is 14.3 Å². The summed E-state index contributed by atoms with van der Waals surface area (Å²) in [6, 6.07) is 4.54. The molecule has 20 heavy (non-hydrogen) atoms. The molecule has 1 amide bonds. The van der Waals surface area contributed by atoms with Crippen LogP contribution in [0.4, 0.5) is 0 Å². The lowest BCUT2D eigenvalue weighted by Crippen LogP contribution is -2.44. The minimum Gasteiger partial charge on any atom is -0.467 e. The molecule has 7 nitrogen and oxygen atoms in total. The van der Waals surface area contributed by atoms with E-state index < -0.39 is 30.5 Å². The Kier molecular flexibility index (Phi) is 5.67. The molecule has 0 aliphatic heterocycles. The highest BCUT2D eigenvalue weighted by Crippen LogP contribution is 2.06. The molecule has 0 radical (unpaired) electrons. The predicted molar refractivity (Wildman–Crippen MR) is 68.1 cm³/mol. The van der Waals surface area contributed by atoms with Gasteiger partial charge in [-0.3, -0.25) is 4.79 Å². The fraction of sp³-hybridized carbons (Fsp3) is 0.308. The first-order chi connectivity index (χ1) is 9.53. The summed E-state index contributed by atoms with van der Waals surface area (Å²) in [5, 5.41) is 11.3. The minimum absolute atomic E-state index is 0.236. The van der Waals surface area contributed by atoms with Crippen LogP contribution in [0.25, 0.3) is 0 Å². The van der Waals surface area contributed by atoms with Crippen LogP contribution in [0, 0.1) is 0 Å². The summed E-state index contributed by atoms with van der Waals surface area (Å²) in [5.41, 5.74) is 0.538. The van der Waals surface area contributed by atoms with Gasteiger partial charge in [0.05, 0.1) is 26.4 Å². The summed E-state index contributed by atoms with van der Waals surface area (Å²) >= 11 is 0. The highest BCUT2D eigenvalue weighted by Gasteiger charge is 2.21. The summed E-state index contributed by atoms with van der Waals surface area (Å²) in [5.74, 6) is -1.82. The van der Waals surface area contributed by atoms with Crippen molar-refractivity contribution in [2.75, 3.05) is 20.8 Å². The molecule has 0 fully saturated rings.